The first kappa shape index (κ1) is 26.0. The molecule has 5 rings (SSSR count). The molecule has 5 aromatic rings. The Morgan fingerprint density at radius 1 is 1.00 bits per heavy atom. The van der Waals surface area contributed by atoms with Gasteiger partial charge in [-0.3, -0.25) is 4.79 Å². The molecular formula is C29H33N9O. The molecule has 0 aliphatic rings. The molecule has 1 amide bonds. The number of nitrogens with one attached hydrogen (secondary N) is 1. The van der Waals surface area contributed by atoms with Crippen molar-refractivity contribution in [2.24, 2.45) is 0 Å². The first-order chi connectivity index (χ1) is 18.9. The number of hydrogen-bond donors (Lipinski definition) is 1. The lowest BCUT2D eigenvalue weighted by molar-refractivity contribution is 0.0822. The zero-order valence-corrected chi connectivity index (χ0v) is 23.0. The fraction of sp³-hybridized carbons (Fsp3) is 0.310. The lowest BCUT2D eigenvalue weighted by atomic mass is 9.96. The molecule has 0 atom stereocenters. The van der Waals surface area contributed by atoms with Gasteiger partial charge in [-0.1, -0.05) is 61.9 Å². The highest BCUT2D eigenvalue weighted by molar-refractivity contribution is 5.93. The number of fused-ring (bicyclic) bond motifs is 1. The van der Waals surface area contributed by atoms with Gasteiger partial charge in [0.2, 0.25) is 5.82 Å². The summed E-state index contributed by atoms with van der Waals surface area (Å²) in [6, 6.07) is 18.3. The van der Waals surface area contributed by atoms with E-state index >= 15 is 0 Å². The average Bonchev–Trinajstić information content (AvgIpc) is 3.60. The minimum absolute atomic E-state index is 0.132. The monoisotopic (exact) mass is 523 g/mol. The highest BCUT2D eigenvalue weighted by Gasteiger charge is 2.21. The maximum absolute atomic E-state index is 12.9. The number of aryl methyl sites for hydroxylation is 1. The summed E-state index contributed by atoms with van der Waals surface area (Å²) in [5.74, 6) is 1.25. The number of hydrogen-bond acceptors (Lipinski definition) is 7. The van der Waals surface area contributed by atoms with E-state index in [-0.39, 0.29) is 5.91 Å². The van der Waals surface area contributed by atoms with Crippen LogP contribution in [0.25, 0.3) is 28.2 Å². The van der Waals surface area contributed by atoms with E-state index in [1.165, 1.54) is 0 Å². The summed E-state index contributed by atoms with van der Waals surface area (Å²) in [4.78, 5) is 21.2. The predicted molar refractivity (Wildman–Crippen MR) is 152 cm³/mol. The van der Waals surface area contributed by atoms with Crippen molar-refractivity contribution >= 4 is 17.4 Å². The second kappa shape index (κ2) is 11.0. The van der Waals surface area contributed by atoms with Gasteiger partial charge in [0.05, 0.1) is 5.69 Å². The van der Waals surface area contributed by atoms with E-state index in [2.05, 4.69) is 57.9 Å². The Hall–Kier alpha value is -4.60. The van der Waals surface area contributed by atoms with Crippen LogP contribution in [-0.4, -0.2) is 74.2 Å². The molecule has 3 heterocycles. The van der Waals surface area contributed by atoms with Gasteiger partial charge in [-0.05, 0) is 34.7 Å². The SMILES string of the molecule is CCCCc1nn2c(N(C)C)cc(C(=O)N(C)C)nc2c1Cc1ccc(-c2ccccc2-c2nn[nH]n2)cc1. The van der Waals surface area contributed by atoms with Gasteiger partial charge in [0, 0.05) is 51.8 Å². The summed E-state index contributed by atoms with van der Waals surface area (Å²) < 4.78 is 1.88. The van der Waals surface area contributed by atoms with Crippen molar-refractivity contribution in [2.45, 2.75) is 32.6 Å². The quantitative estimate of drug-likeness (QED) is 0.307. The van der Waals surface area contributed by atoms with Crippen LogP contribution in [0.5, 0.6) is 0 Å². The van der Waals surface area contributed by atoms with E-state index in [0.717, 1.165) is 64.2 Å². The Morgan fingerprint density at radius 3 is 2.38 bits per heavy atom. The number of carbonyl (C=O) groups is 1. The van der Waals surface area contributed by atoms with E-state index in [9.17, 15) is 4.79 Å². The van der Waals surface area contributed by atoms with Gasteiger partial charge in [-0.15, -0.1) is 10.2 Å². The van der Waals surface area contributed by atoms with Crippen molar-refractivity contribution in [1.82, 2.24) is 40.1 Å². The molecule has 39 heavy (non-hydrogen) atoms. The number of carbonyl (C=O) groups excluding carboxylic acids is 1. The normalized spacial score (nSPS) is 11.2. The molecule has 1 N–H and O–H groups in total. The summed E-state index contributed by atoms with van der Waals surface area (Å²) in [6.07, 6.45) is 3.62. The number of unbranched alkanes of at least 4 members (excludes halogenated alkanes) is 1. The van der Waals surface area contributed by atoms with Crippen molar-refractivity contribution in [1.29, 1.82) is 0 Å². The number of aromatic amines is 1. The lowest BCUT2D eigenvalue weighted by Gasteiger charge is -2.16. The third-order valence-corrected chi connectivity index (χ3v) is 6.76. The van der Waals surface area contributed by atoms with Gasteiger partial charge >= 0.3 is 0 Å². The Morgan fingerprint density at radius 2 is 1.74 bits per heavy atom. The molecule has 0 radical (unpaired) electrons. The molecule has 0 aliphatic carbocycles. The molecule has 200 valence electrons. The summed E-state index contributed by atoms with van der Waals surface area (Å²) in [5, 5.41) is 19.5. The van der Waals surface area contributed by atoms with Gasteiger partial charge in [0.25, 0.3) is 5.91 Å². The smallest absolute Gasteiger partial charge is 0.272 e. The standard InChI is InChI=1S/C29H33N9O/c1-6-7-12-24-23(28-30-25(29(39)37(4)5)18-26(36(2)3)38(28)33-24)17-19-13-15-20(16-14-19)21-10-8-9-11-22(21)27-31-34-35-32-27/h8-11,13-16,18H,6-7,12,17H2,1-5H3,(H,31,32,34,35). The Balaban J connectivity index is 1.56. The summed E-state index contributed by atoms with van der Waals surface area (Å²) in [5.41, 5.74) is 7.37. The van der Waals surface area contributed by atoms with Gasteiger partial charge in [-0.25, -0.2) is 4.98 Å². The fourth-order valence-corrected chi connectivity index (χ4v) is 4.69. The van der Waals surface area contributed by atoms with Crippen LogP contribution in [0.1, 0.15) is 47.1 Å². The topological polar surface area (TPSA) is 108 Å². The van der Waals surface area contributed by atoms with Crippen LogP contribution in [-0.2, 0) is 12.8 Å². The maximum atomic E-state index is 12.9. The Kier molecular flexibility index (Phi) is 7.36. The number of tetrazole rings is 1. The van der Waals surface area contributed by atoms with Gasteiger partial charge in [0.1, 0.15) is 11.5 Å². The van der Waals surface area contributed by atoms with Crippen LogP contribution in [0.3, 0.4) is 0 Å². The van der Waals surface area contributed by atoms with E-state index in [1.807, 2.05) is 47.8 Å². The Bertz CT molecular complexity index is 1590. The van der Waals surface area contributed by atoms with E-state index in [0.29, 0.717) is 17.9 Å². The van der Waals surface area contributed by atoms with Crippen LogP contribution in [0.15, 0.2) is 54.6 Å². The molecule has 0 saturated carbocycles. The maximum Gasteiger partial charge on any atom is 0.272 e. The van der Waals surface area contributed by atoms with Gasteiger partial charge < -0.3 is 9.80 Å². The molecule has 0 saturated heterocycles. The minimum Gasteiger partial charge on any atom is -0.363 e. The van der Waals surface area contributed by atoms with Crippen molar-refractivity contribution in [3.63, 3.8) is 0 Å². The van der Waals surface area contributed by atoms with E-state index < -0.39 is 0 Å². The molecule has 10 nitrogen and oxygen atoms in total. The summed E-state index contributed by atoms with van der Waals surface area (Å²) >= 11 is 0. The first-order valence-electron chi connectivity index (χ1n) is 13.1. The summed E-state index contributed by atoms with van der Waals surface area (Å²) in [7, 11) is 7.39. The molecule has 0 fully saturated rings. The van der Waals surface area contributed by atoms with Crippen molar-refractivity contribution in [2.75, 3.05) is 33.1 Å². The van der Waals surface area contributed by atoms with Crippen molar-refractivity contribution in [3.05, 3.63) is 77.1 Å². The minimum atomic E-state index is -0.132. The zero-order valence-electron chi connectivity index (χ0n) is 23.0. The van der Waals surface area contributed by atoms with Gasteiger partial charge in [-0.2, -0.15) is 14.8 Å². The number of amides is 1. The molecule has 0 unspecified atom stereocenters. The largest absolute Gasteiger partial charge is 0.363 e. The van der Waals surface area contributed by atoms with Crippen LogP contribution < -0.4 is 4.90 Å². The van der Waals surface area contributed by atoms with Crippen molar-refractivity contribution < 1.29 is 4.79 Å². The molecule has 0 spiro atoms. The first-order valence-corrected chi connectivity index (χ1v) is 13.1. The van der Waals surface area contributed by atoms with Crippen LogP contribution >= 0.6 is 0 Å². The molecular weight excluding hydrogens is 490 g/mol. The highest BCUT2D eigenvalue weighted by atomic mass is 16.2. The molecule has 3 aromatic heterocycles. The number of benzene rings is 2. The fourth-order valence-electron chi connectivity index (χ4n) is 4.69. The van der Waals surface area contributed by atoms with Crippen LogP contribution in [0.2, 0.25) is 0 Å². The zero-order chi connectivity index (χ0) is 27.5. The average molecular weight is 524 g/mol. The molecule has 0 aliphatic heterocycles. The molecule has 2 aromatic carbocycles. The number of nitrogens with zero attached hydrogens (tertiary/aromatic N) is 8. The number of aromatic nitrogens is 7. The second-order valence-electron chi connectivity index (χ2n) is 10.0. The predicted octanol–water partition coefficient (Wildman–Crippen LogP) is 4.28. The summed E-state index contributed by atoms with van der Waals surface area (Å²) in [6.45, 7) is 2.18. The number of rotatable bonds is 9. The van der Waals surface area contributed by atoms with E-state index in [1.54, 1.807) is 19.0 Å². The third kappa shape index (κ3) is 5.22. The number of anilines is 1. The van der Waals surface area contributed by atoms with E-state index in [4.69, 9.17) is 10.1 Å². The number of H-pyrrole nitrogens is 1. The second-order valence-corrected chi connectivity index (χ2v) is 10.0. The molecule has 10 heteroatoms. The third-order valence-electron chi connectivity index (χ3n) is 6.76. The van der Waals surface area contributed by atoms with Gasteiger partial charge in [0.15, 0.2) is 5.65 Å². The van der Waals surface area contributed by atoms with Crippen LogP contribution in [0, 0.1) is 0 Å². The highest BCUT2D eigenvalue weighted by Crippen LogP contribution is 2.31. The van der Waals surface area contributed by atoms with Crippen molar-refractivity contribution in [3.8, 4) is 22.5 Å². The molecule has 0 bridgehead atoms. The van der Waals surface area contributed by atoms with Crippen LogP contribution in [0.4, 0.5) is 5.82 Å². The lowest BCUT2D eigenvalue weighted by Crippen LogP contribution is -2.24. The Labute approximate surface area is 227 Å².